The smallest absolute Gasteiger partial charge is 0.339 e. The highest BCUT2D eigenvalue weighted by molar-refractivity contribution is 6.07. The molecule has 0 saturated heterocycles. The van der Waals surface area contributed by atoms with Gasteiger partial charge in [-0.2, -0.15) is 0 Å². The Hall–Kier alpha value is -3.22. The third kappa shape index (κ3) is 2.71. The van der Waals surface area contributed by atoms with E-state index in [2.05, 4.69) is 5.32 Å². The monoisotopic (exact) mass is 326 g/mol. The molecule has 0 fully saturated rings. The zero-order chi connectivity index (χ0) is 17.3. The van der Waals surface area contributed by atoms with Crippen LogP contribution in [0, 0.1) is 10.1 Å². The number of nitrogens with one attached hydrogen (secondary N) is 1. The molecule has 7 heteroatoms. The lowest BCUT2D eigenvalue weighted by molar-refractivity contribution is -0.383. The number of ketones is 1. The summed E-state index contributed by atoms with van der Waals surface area (Å²) in [6, 6.07) is 7.66. The molecule has 0 aliphatic heterocycles. The first-order valence-electron chi connectivity index (χ1n) is 7.31. The van der Waals surface area contributed by atoms with Gasteiger partial charge in [-0.05, 0) is 23.9 Å². The van der Waals surface area contributed by atoms with Gasteiger partial charge in [-0.1, -0.05) is 18.2 Å². The molecule has 1 aliphatic carbocycles. The third-order valence-corrected chi connectivity index (χ3v) is 3.89. The number of carbonyl (C=O) groups is 2. The van der Waals surface area contributed by atoms with Crippen molar-refractivity contribution in [2.24, 2.45) is 0 Å². The molecule has 0 bridgehead atoms. The van der Waals surface area contributed by atoms with Crippen LogP contribution in [-0.2, 0) is 9.53 Å². The largest absolute Gasteiger partial charge is 0.465 e. The summed E-state index contributed by atoms with van der Waals surface area (Å²) < 4.78 is 4.78. The number of allylic oxidation sites excluding steroid dienone is 2. The first-order valence-corrected chi connectivity index (χ1v) is 7.31. The summed E-state index contributed by atoms with van der Waals surface area (Å²) in [7, 11) is 1.25. The molecule has 0 unspecified atom stereocenters. The highest BCUT2D eigenvalue weighted by Crippen LogP contribution is 2.32. The zero-order valence-electron chi connectivity index (χ0n) is 12.9. The number of non-ortho nitro benzene ring substituents is 1. The van der Waals surface area contributed by atoms with E-state index in [4.69, 9.17) is 4.74 Å². The highest BCUT2D eigenvalue weighted by atomic mass is 16.6. The summed E-state index contributed by atoms with van der Waals surface area (Å²) in [6.45, 7) is 0. The average Bonchev–Trinajstić information content (AvgIpc) is 2.97. The fourth-order valence-electron chi connectivity index (χ4n) is 2.71. The number of fused-ring (bicyclic) bond motifs is 1. The van der Waals surface area contributed by atoms with E-state index in [0.717, 1.165) is 0 Å². The van der Waals surface area contributed by atoms with Crippen molar-refractivity contribution in [3.63, 3.8) is 0 Å². The van der Waals surface area contributed by atoms with Gasteiger partial charge in [-0.15, -0.1) is 0 Å². The lowest BCUT2D eigenvalue weighted by Crippen LogP contribution is -2.11. The molecule has 0 saturated carbocycles. The first-order chi connectivity index (χ1) is 11.5. The number of nitro groups is 1. The number of benzene rings is 2. The molecule has 24 heavy (non-hydrogen) atoms. The average molecular weight is 326 g/mol. The summed E-state index contributed by atoms with van der Waals surface area (Å²) >= 11 is 0. The Kier molecular flexibility index (Phi) is 3.99. The van der Waals surface area contributed by atoms with Crippen LogP contribution < -0.4 is 5.32 Å². The number of nitro benzene ring substituents is 1. The van der Waals surface area contributed by atoms with E-state index in [9.17, 15) is 19.7 Å². The van der Waals surface area contributed by atoms with Gasteiger partial charge < -0.3 is 10.1 Å². The molecule has 122 valence electrons. The van der Waals surface area contributed by atoms with Crippen molar-refractivity contribution < 1.29 is 19.2 Å². The lowest BCUT2D eigenvalue weighted by atomic mass is 10.0. The molecule has 0 heterocycles. The first kappa shape index (κ1) is 15.7. The minimum atomic E-state index is -0.586. The van der Waals surface area contributed by atoms with Gasteiger partial charge in [-0.25, -0.2) is 4.79 Å². The predicted octanol–water partition coefficient (Wildman–Crippen LogP) is 3.19. The summed E-state index contributed by atoms with van der Waals surface area (Å²) in [5.74, 6) is -0.648. The molecule has 2 aromatic rings. The van der Waals surface area contributed by atoms with Gasteiger partial charge in [0.2, 0.25) is 0 Å². The lowest BCUT2D eigenvalue weighted by Gasteiger charge is -2.13. The minimum absolute atomic E-state index is 0.0616. The van der Waals surface area contributed by atoms with Crippen LogP contribution in [0.15, 0.2) is 42.1 Å². The van der Waals surface area contributed by atoms with Crippen LogP contribution in [0.2, 0.25) is 0 Å². The Morgan fingerprint density at radius 2 is 2.12 bits per heavy atom. The minimum Gasteiger partial charge on any atom is -0.465 e. The number of anilines is 1. The van der Waals surface area contributed by atoms with Crippen LogP contribution in [0.1, 0.15) is 23.2 Å². The number of hydrogen-bond acceptors (Lipinski definition) is 6. The molecule has 2 aromatic carbocycles. The van der Waals surface area contributed by atoms with Crippen molar-refractivity contribution >= 4 is 33.9 Å². The maximum Gasteiger partial charge on any atom is 0.339 e. The van der Waals surface area contributed by atoms with Crippen LogP contribution in [-0.4, -0.2) is 23.8 Å². The van der Waals surface area contributed by atoms with Gasteiger partial charge in [-0.3, -0.25) is 14.9 Å². The van der Waals surface area contributed by atoms with Crippen molar-refractivity contribution in [1.29, 1.82) is 0 Å². The van der Waals surface area contributed by atoms with E-state index in [1.165, 1.54) is 25.3 Å². The normalized spacial score (nSPS) is 13.7. The molecular weight excluding hydrogens is 312 g/mol. The number of Topliss-reactive ketones (excluding diaryl/α,β-unsaturated/α-hetero) is 1. The van der Waals surface area contributed by atoms with Crippen LogP contribution in [0.5, 0.6) is 0 Å². The van der Waals surface area contributed by atoms with E-state index >= 15 is 0 Å². The summed E-state index contributed by atoms with van der Waals surface area (Å²) in [4.78, 5) is 34.6. The number of hydrogen-bond donors (Lipinski definition) is 1. The van der Waals surface area contributed by atoms with Gasteiger partial charge >= 0.3 is 5.97 Å². The molecule has 7 nitrogen and oxygen atoms in total. The molecule has 0 radical (unpaired) electrons. The van der Waals surface area contributed by atoms with Gasteiger partial charge in [0.05, 0.1) is 34.4 Å². The van der Waals surface area contributed by atoms with Gasteiger partial charge in [0, 0.05) is 12.5 Å². The maximum atomic E-state index is 12.1. The maximum absolute atomic E-state index is 12.1. The van der Waals surface area contributed by atoms with E-state index in [-0.39, 0.29) is 17.0 Å². The van der Waals surface area contributed by atoms with Gasteiger partial charge in [0.1, 0.15) is 0 Å². The van der Waals surface area contributed by atoms with Crippen LogP contribution in [0.4, 0.5) is 11.4 Å². The number of ether oxygens (including phenoxy) is 1. The third-order valence-electron chi connectivity index (χ3n) is 3.89. The summed E-state index contributed by atoms with van der Waals surface area (Å²) in [6.07, 6.45) is 2.78. The van der Waals surface area contributed by atoms with Crippen molar-refractivity contribution in [2.75, 3.05) is 12.4 Å². The fourth-order valence-corrected chi connectivity index (χ4v) is 2.71. The van der Waals surface area contributed by atoms with Crippen LogP contribution in [0.25, 0.3) is 10.8 Å². The van der Waals surface area contributed by atoms with Crippen molar-refractivity contribution in [2.45, 2.75) is 12.8 Å². The van der Waals surface area contributed by atoms with Crippen LogP contribution >= 0.6 is 0 Å². The Morgan fingerprint density at radius 1 is 1.33 bits per heavy atom. The van der Waals surface area contributed by atoms with Crippen LogP contribution in [0.3, 0.4) is 0 Å². The number of esters is 1. The van der Waals surface area contributed by atoms with Crippen molar-refractivity contribution in [3.8, 4) is 0 Å². The Morgan fingerprint density at radius 3 is 2.75 bits per heavy atom. The molecule has 0 atom stereocenters. The summed E-state index contributed by atoms with van der Waals surface area (Å²) in [5, 5.41) is 15.1. The number of methoxy groups -OCH3 is 1. The number of carbonyl (C=O) groups excluding carboxylic acids is 2. The van der Waals surface area contributed by atoms with Crippen molar-refractivity contribution in [1.82, 2.24) is 0 Å². The van der Waals surface area contributed by atoms with Crippen molar-refractivity contribution in [3.05, 3.63) is 57.8 Å². The molecule has 0 amide bonds. The molecule has 3 rings (SSSR count). The second-order valence-corrected chi connectivity index (χ2v) is 5.35. The van der Waals surface area contributed by atoms with Gasteiger partial charge in [0.25, 0.3) is 5.69 Å². The zero-order valence-corrected chi connectivity index (χ0v) is 12.9. The van der Waals surface area contributed by atoms with Gasteiger partial charge in [0.15, 0.2) is 5.78 Å². The molecule has 1 aliphatic rings. The molecule has 1 N–H and O–H groups in total. The second-order valence-electron chi connectivity index (χ2n) is 5.35. The van der Waals surface area contributed by atoms with E-state index in [0.29, 0.717) is 35.0 Å². The highest BCUT2D eigenvalue weighted by Gasteiger charge is 2.21. The molecular formula is C17H14N2O5. The second kappa shape index (κ2) is 6.11. The van der Waals surface area contributed by atoms with E-state index in [1.54, 1.807) is 18.2 Å². The molecule has 0 spiro atoms. The number of rotatable bonds is 4. The quantitative estimate of drug-likeness (QED) is 0.526. The van der Waals surface area contributed by atoms with E-state index < -0.39 is 10.9 Å². The predicted molar refractivity (Wildman–Crippen MR) is 87.9 cm³/mol. The Bertz CT molecular complexity index is 901. The Balaban J connectivity index is 2.19. The van der Waals surface area contributed by atoms with E-state index in [1.807, 2.05) is 0 Å². The number of nitrogens with zero attached hydrogens (tertiary/aromatic N) is 1. The topological polar surface area (TPSA) is 98.5 Å². The summed E-state index contributed by atoms with van der Waals surface area (Å²) in [5.41, 5.74) is 0.841. The SMILES string of the molecule is COC(=O)c1cc2cccc([N+](=O)[O-])c2cc1NC1=CCCC1=O. The standard InChI is InChI=1S/C17H14N2O5/c1-24-17(21)12-8-10-4-2-6-15(19(22)23)11(10)9-14(12)18-13-5-3-7-16(13)20/h2,4-6,8-9,18H,3,7H2,1H3. The Labute approximate surface area is 137 Å². The fraction of sp³-hybridized carbons (Fsp3) is 0.176. The molecule has 0 aromatic heterocycles.